The van der Waals surface area contributed by atoms with Crippen molar-refractivity contribution in [2.24, 2.45) is 11.8 Å². The average Bonchev–Trinajstić information content (AvgIpc) is 2.72. The van der Waals surface area contributed by atoms with Gasteiger partial charge in [-0.25, -0.2) is 0 Å². The third-order valence-corrected chi connectivity index (χ3v) is 5.40. The van der Waals surface area contributed by atoms with Gasteiger partial charge < -0.3 is 5.32 Å². The van der Waals surface area contributed by atoms with Crippen LogP contribution in [0.3, 0.4) is 0 Å². The zero-order valence-electron chi connectivity index (χ0n) is 14.0. The summed E-state index contributed by atoms with van der Waals surface area (Å²) >= 11 is 0. The first-order valence-corrected chi connectivity index (χ1v) is 8.22. The highest BCUT2D eigenvalue weighted by molar-refractivity contribution is 5.28. The van der Waals surface area contributed by atoms with Crippen LogP contribution >= 0.6 is 0 Å². The molecule has 1 N–H and O–H groups in total. The van der Waals surface area contributed by atoms with Gasteiger partial charge in [-0.15, -0.1) is 0 Å². The van der Waals surface area contributed by atoms with Crippen molar-refractivity contribution in [3.63, 3.8) is 0 Å². The lowest BCUT2D eigenvalue weighted by Gasteiger charge is -2.33. The van der Waals surface area contributed by atoms with Crippen molar-refractivity contribution in [2.45, 2.75) is 72.4 Å². The van der Waals surface area contributed by atoms with Crippen LogP contribution in [0.5, 0.6) is 0 Å². The second kappa shape index (κ2) is 6.30. The molecule has 3 heteroatoms. The van der Waals surface area contributed by atoms with Crippen molar-refractivity contribution in [3.05, 3.63) is 17.0 Å². The van der Waals surface area contributed by atoms with E-state index in [1.807, 2.05) is 0 Å². The van der Waals surface area contributed by atoms with Gasteiger partial charge in [0.25, 0.3) is 0 Å². The minimum Gasteiger partial charge on any atom is -0.313 e. The van der Waals surface area contributed by atoms with Crippen LogP contribution in [0, 0.1) is 25.7 Å². The van der Waals surface area contributed by atoms with E-state index in [9.17, 15) is 0 Å². The van der Waals surface area contributed by atoms with Crippen LogP contribution in [0.15, 0.2) is 0 Å². The smallest absolute Gasteiger partial charge is 0.0644 e. The first-order chi connectivity index (χ1) is 9.49. The summed E-state index contributed by atoms with van der Waals surface area (Å²) in [5, 5.41) is 8.32. The van der Waals surface area contributed by atoms with Crippen molar-refractivity contribution in [3.8, 4) is 0 Å². The first kappa shape index (κ1) is 15.6. The highest BCUT2D eigenvalue weighted by atomic mass is 15.3. The molecule has 1 aliphatic rings. The molecule has 2 rings (SSSR count). The third kappa shape index (κ3) is 2.78. The Balaban J connectivity index is 2.28. The molecule has 1 aliphatic carbocycles. The molecule has 0 spiro atoms. The third-order valence-electron chi connectivity index (χ3n) is 5.40. The zero-order chi connectivity index (χ0) is 14.9. The maximum Gasteiger partial charge on any atom is 0.0644 e. The molecular weight excluding hydrogens is 246 g/mol. The number of rotatable bonds is 4. The van der Waals surface area contributed by atoms with Gasteiger partial charge in [-0.1, -0.05) is 20.8 Å². The average molecular weight is 277 g/mol. The van der Waals surface area contributed by atoms with E-state index in [1.165, 1.54) is 36.2 Å². The minimum atomic E-state index is 0.434. The zero-order valence-corrected chi connectivity index (χ0v) is 14.0. The topological polar surface area (TPSA) is 29.9 Å². The molecule has 1 fully saturated rings. The van der Waals surface area contributed by atoms with E-state index in [-0.39, 0.29) is 0 Å². The van der Waals surface area contributed by atoms with E-state index < -0.39 is 0 Å². The number of aryl methyl sites for hydroxylation is 1. The number of aromatic nitrogens is 2. The van der Waals surface area contributed by atoms with Crippen LogP contribution in [0.25, 0.3) is 0 Å². The standard InChI is InChI=1S/C17H31N3/c1-7-16(18-6)17-13(4)19-20(14(17)5)15-9-8-11(2)12(3)10-15/h11-12,15-16,18H,7-10H2,1-6H3. The maximum atomic E-state index is 4.89. The Morgan fingerprint density at radius 2 is 1.95 bits per heavy atom. The largest absolute Gasteiger partial charge is 0.313 e. The van der Waals surface area contributed by atoms with E-state index in [0.717, 1.165) is 18.3 Å². The molecule has 0 aromatic carbocycles. The van der Waals surface area contributed by atoms with Gasteiger partial charge in [0.1, 0.15) is 0 Å². The van der Waals surface area contributed by atoms with Gasteiger partial charge in [-0.3, -0.25) is 4.68 Å². The Morgan fingerprint density at radius 1 is 1.25 bits per heavy atom. The summed E-state index contributed by atoms with van der Waals surface area (Å²) in [6.07, 6.45) is 5.01. The number of nitrogens with one attached hydrogen (secondary N) is 1. The van der Waals surface area contributed by atoms with E-state index in [4.69, 9.17) is 5.10 Å². The second-order valence-corrected chi connectivity index (χ2v) is 6.70. The van der Waals surface area contributed by atoms with Crippen LogP contribution in [0.2, 0.25) is 0 Å². The Labute approximate surface area is 124 Å². The van der Waals surface area contributed by atoms with Crippen LogP contribution in [-0.2, 0) is 0 Å². The van der Waals surface area contributed by atoms with Gasteiger partial charge >= 0.3 is 0 Å². The van der Waals surface area contributed by atoms with E-state index >= 15 is 0 Å². The van der Waals surface area contributed by atoms with Crippen LogP contribution < -0.4 is 5.32 Å². The number of nitrogens with zero attached hydrogens (tertiary/aromatic N) is 2. The molecule has 0 saturated heterocycles. The highest BCUT2D eigenvalue weighted by Gasteiger charge is 2.29. The molecule has 4 unspecified atom stereocenters. The van der Waals surface area contributed by atoms with Crippen molar-refractivity contribution in [2.75, 3.05) is 7.05 Å². The highest BCUT2D eigenvalue weighted by Crippen LogP contribution is 2.37. The SMILES string of the molecule is CCC(NC)c1c(C)nn(C2CCC(C)C(C)C2)c1C. The van der Waals surface area contributed by atoms with Gasteiger partial charge in [0.15, 0.2) is 0 Å². The molecule has 1 saturated carbocycles. The normalized spacial score (nSPS) is 28.6. The van der Waals surface area contributed by atoms with Crippen molar-refractivity contribution in [1.29, 1.82) is 0 Å². The summed E-state index contributed by atoms with van der Waals surface area (Å²) in [6, 6.07) is 1.03. The fourth-order valence-electron chi connectivity index (χ4n) is 3.83. The van der Waals surface area contributed by atoms with E-state index in [2.05, 4.69) is 51.7 Å². The first-order valence-electron chi connectivity index (χ1n) is 8.22. The van der Waals surface area contributed by atoms with E-state index in [1.54, 1.807) is 0 Å². The molecule has 114 valence electrons. The van der Waals surface area contributed by atoms with Gasteiger partial charge in [-0.05, 0) is 58.4 Å². The van der Waals surface area contributed by atoms with Gasteiger partial charge in [-0.2, -0.15) is 5.10 Å². The molecule has 0 radical (unpaired) electrons. The summed E-state index contributed by atoms with van der Waals surface area (Å²) in [4.78, 5) is 0. The molecule has 0 aliphatic heterocycles. The van der Waals surface area contributed by atoms with Crippen LogP contribution in [-0.4, -0.2) is 16.8 Å². The minimum absolute atomic E-state index is 0.434. The summed E-state index contributed by atoms with van der Waals surface area (Å²) in [7, 11) is 2.05. The molecule has 1 aromatic rings. The van der Waals surface area contributed by atoms with E-state index in [0.29, 0.717) is 12.1 Å². The molecular formula is C17H31N3. The fourth-order valence-corrected chi connectivity index (χ4v) is 3.83. The summed E-state index contributed by atoms with van der Waals surface area (Å²) in [5.74, 6) is 1.68. The van der Waals surface area contributed by atoms with Crippen molar-refractivity contribution in [1.82, 2.24) is 15.1 Å². The summed E-state index contributed by atoms with van der Waals surface area (Å²) < 4.78 is 2.33. The molecule has 20 heavy (non-hydrogen) atoms. The monoisotopic (exact) mass is 277 g/mol. The number of hydrogen-bond acceptors (Lipinski definition) is 2. The Kier molecular flexibility index (Phi) is 4.90. The van der Waals surface area contributed by atoms with Crippen molar-refractivity contribution < 1.29 is 0 Å². The predicted octanol–water partition coefficient (Wildman–Crippen LogP) is 4.17. The van der Waals surface area contributed by atoms with Crippen LogP contribution in [0.4, 0.5) is 0 Å². The molecule has 3 nitrogen and oxygen atoms in total. The summed E-state index contributed by atoms with van der Waals surface area (Å²) in [6.45, 7) is 11.4. The second-order valence-electron chi connectivity index (χ2n) is 6.70. The number of hydrogen-bond donors (Lipinski definition) is 1. The molecule has 1 heterocycles. The quantitative estimate of drug-likeness (QED) is 0.895. The Bertz CT molecular complexity index is 445. The van der Waals surface area contributed by atoms with Gasteiger partial charge in [0.2, 0.25) is 0 Å². The Morgan fingerprint density at radius 3 is 2.50 bits per heavy atom. The molecule has 0 bridgehead atoms. The molecule has 0 amide bonds. The molecule has 4 atom stereocenters. The fraction of sp³-hybridized carbons (Fsp3) is 0.824. The molecule has 1 aromatic heterocycles. The predicted molar refractivity (Wildman–Crippen MR) is 85.0 cm³/mol. The van der Waals surface area contributed by atoms with Crippen LogP contribution in [0.1, 0.15) is 75.5 Å². The lowest BCUT2D eigenvalue weighted by atomic mass is 9.79. The van der Waals surface area contributed by atoms with Gasteiger partial charge in [0, 0.05) is 17.3 Å². The maximum absolute atomic E-state index is 4.89. The van der Waals surface area contributed by atoms with Gasteiger partial charge in [0.05, 0.1) is 11.7 Å². The van der Waals surface area contributed by atoms with Crippen molar-refractivity contribution >= 4 is 0 Å². The lowest BCUT2D eigenvalue weighted by Crippen LogP contribution is -2.25. The Hall–Kier alpha value is -0.830. The summed E-state index contributed by atoms with van der Waals surface area (Å²) in [5.41, 5.74) is 3.99. The lowest BCUT2D eigenvalue weighted by molar-refractivity contribution is 0.198.